The van der Waals surface area contributed by atoms with Crippen LogP contribution in [0.3, 0.4) is 0 Å². The fourth-order valence-corrected chi connectivity index (χ4v) is 3.64. The van der Waals surface area contributed by atoms with Crippen molar-refractivity contribution >= 4 is 27.9 Å². The van der Waals surface area contributed by atoms with Crippen molar-refractivity contribution in [2.75, 3.05) is 0 Å². The second kappa shape index (κ2) is 6.50. The maximum Gasteiger partial charge on any atom is 0.573 e. The first-order chi connectivity index (χ1) is 12.8. The first-order valence-electron chi connectivity index (χ1n) is 7.54. The Kier molecular flexibility index (Phi) is 4.27. The van der Waals surface area contributed by atoms with Crippen molar-refractivity contribution in [2.45, 2.75) is 12.8 Å². The minimum absolute atomic E-state index is 0.266. The number of halogens is 4. The quantitative estimate of drug-likeness (QED) is 0.509. The predicted octanol–water partition coefficient (Wildman–Crippen LogP) is 3.73. The monoisotopic (exact) mass is 414 g/mol. The van der Waals surface area contributed by atoms with Gasteiger partial charge < -0.3 is 4.74 Å². The smallest absolute Gasteiger partial charge is 0.406 e. The van der Waals surface area contributed by atoms with E-state index >= 15 is 0 Å². The highest BCUT2D eigenvalue weighted by Crippen LogP contribution is 2.28. The molecule has 0 amide bonds. The van der Waals surface area contributed by atoms with E-state index in [0.29, 0.717) is 27.9 Å². The van der Waals surface area contributed by atoms with E-state index in [0.717, 1.165) is 10.6 Å². The fraction of sp³-hybridized carbons (Fsp3) is 0.200. The number of nitrogens with zero attached hydrogens (tertiary/aromatic N) is 6. The van der Waals surface area contributed by atoms with Gasteiger partial charge in [-0.1, -0.05) is 35.1 Å². The molecule has 12 heteroatoms. The Morgan fingerprint density at radius 3 is 2.56 bits per heavy atom. The van der Waals surface area contributed by atoms with Gasteiger partial charge in [-0.25, -0.2) is 0 Å². The average Bonchev–Trinajstić information content (AvgIpc) is 3.23. The number of alkyl halides is 3. The molecule has 4 aromatic rings. The lowest BCUT2D eigenvalue weighted by molar-refractivity contribution is -0.274. The van der Waals surface area contributed by atoms with Crippen LogP contribution in [-0.4, -0.2) is 36.0 Å². The summed E-state index contributed by atoms with van der Waals surface area (Å²) in [5, 5.41) is 17.9. The molecule has 0 N–H and O–H groups in total. The molecule has 4 rings (SSSR count). The molecule has 0 aliphatic rings. The maximum atomic E-state index is 12.2. The molecule has 140 valence electrons. The second-order valence-electron chi connectivity index (χ2n) is 5.55. The van der Waals surface area contributed by atoms with Crippen LogP contribution in [0.1, 0.15) is 10.6 Å². The molecule has 7 nitrogen and oxygen atoms in total. The predicted molar refractivity (Wildman–Crippen MR) is 91.8 cm³/mol. The Morgan fingerprint density at radius 1 is 1.19 bits per heavy atom. The number of ether oxygens (including phenoxy) is 1. The highest BCUT2D eigenvalue weighted by atomic mass is 35.5. The number of rotatable bonds is 4. The van der Waals surface area contributed by atoms with Crippen molar-refractivity contribution in [1.82, 2.24) is 29.6 Å². The van der Waals surface area contributed by atoms with Crippen LogP contribution in [0.4, 0.5) is 13.2 Å². The number of hydrogen-bond donors (Lipinski definition) is 0. The largest absolute Gasteiger partial charge is 0.573 e. The first kappa shape index (κ1) is 17.7. The van der Waals surface area contributed by atoms with E-state index in [1.54, 1.807) is 28.4 Å². The van der Waals surface area contributed by atoms with E-state index in [1.807, 2.05) is 0 Å². The van der Waals surface area contributed by atoms with Crippen molar-refractivity contribution in [3.05, 3.63) is 46.1 Å². The van der Waals surface area contributed by atoms with Gasteiger partial charge in [-0.05, 0) is 17.7 Å². The summed E-state index contributed by atoms with van der Waals surface area (Å²) in [6.45, 7) is 0. The molecule has 3 aromatic heterocycles. The summed E-state index contributed by atoms with van der Waals surface area (Å²) >= 11 is 7.48. The van der Waals surface area contributed by atoms with E-state index in [-0.39, 0.29) is 5.75 Å². The molecule has 0 saturated carbocycles. The standard InChI is InChI=1S/C15H10ClF3N6OS/c1-24-12(10(16)7-20-24)13-21-22-14-25(13)23-11(27-14)6-8-2-4-9(5-3-8)26-15(17,18)19/h2-5,7H,6H2,1H3. The topological polar surface area (TPSA) is 70.1 Å². The summed E-state index contributed by atoms with van der Waals surface area (Å²) < 4.78 is 43.7. The van der Waals surface area contributed by atoms with Gasteiger partial charge in [0.15, 0.2) is 0 Å². The first-order valence-corrected chi connectivity index (χ1v) is 8.73. The van der Waals surface area contributed by atoms with Crippen molar-refractivity contribution < 1.29 is 17.9 Å². The van der Waals surface area contributed by atoms with Gasteiger partial charge in [-0.2, -0.15) is 14.7 Å². The van der Waals surface area contributed by atoms with Gasteiger partial charge in [0.05, 0.1) is 11.2 Å². The molecular formula is C15H10ClF3N6OS. The average molecular weight is 415 g/mol. The molecule has 0 aliphatic carbocycles. The summed E-state index contributed by atoms with van der Waals surface area (Å²) in [7, 11) is 1.74. The van der Waals surface area contributed by atoms with E-state index in [1.165, 1.54) is 29.7 Å². The number of fused-ring (bicyclic) bond motifs is 1. The van der Waals surface area contributed by atoms with Crippen molar-refractivity contribution in [2.24, 2.45) is 7.05 Å². The van der Waals surface area contributed by atoms with Gasteiger partial charge in [-0.15, -0.1) is 23.4 Å². The number of hydrogen-bond acceptors (Lipinski definition) is 6. The number of aryl methyl sites for hydroxylation is 1. The highest BCUT2D eigenvalue weighted by molar-refractivity contribution is 7.16. The molecule has 0 unspecified atom stereocenters. The van der Waals surface area contributed by atoms with E-state index in [4.69, 9.17) is 11.6 Å². The van der Waals surface area contributed by atoms with E-state index in [2.05, 4.69) is 25.1 Å². The zero-order chi connectivity index (χ0) is 19.2. The maximum absolute atomic E-state index is 12.2. The summed E-state index contributed by atoms with van der Waals surface area (Å²) in [5.41, 5.74) is 1.38. The van der Waals surface area contributed by atoms with Gasteiger partial charge in [-0.3, -0.25) is 4.68 Å². The molecule has 1 aromatic carbocycles. The third kappa shape index (κ3) is 3.60. The lowest BCUT2D eigenvalue weighted by Gasteiger charge is -2.08. The Bertz CT molecular complexity index is 1080. The molecule has 0 radical (unpaired) electrons. The summed E-state index contributed by atoms with van der Waals surface area (Å²) in [4.78, 5) is 0.578. The van der Waals surface area contributed by atoms with Crippen LogP contribution in [0, 0.1) is 0 Å². The molecule has 0 atom stereocenters. The molecule has 0 aliphatic heterocycles. The van der Waals surface area contributed by atoms with Gasteiger partial charge in [0.1, 0.15) is 16.5 Å². The molecule has 0 bridgehead atoms. The van der Waals surface area contributed by atoms with Crippen molar-refractivity contribution in [3.63, 3.8) is 0 Å². The van der Waals surface area contributed by atoms with Crippen LogP contribution < -0.4 is 4.74 Å². The molecule has 3 heterocycles. The third-order valence-electron chi connectivity index (χ3n) is 3.65. The van der Waals surface area contributed by atoms with Gasteiger partial charge in [0, 0.05) is 13.5 Å². The van der Waals surface area contributed by atoms with Crippen LogP contribution in [0.15, 0.2) is 30.5 Å². The minimum atomic E-state index is -4.71. The van der Waals surface area contributed by atoms with Crippen molar-refractivity contribution in [1.29, 1.82) is 0 Å². The zero-order valence-electron chi connectivity index (χ0n) is 13.6. The third-order valence-corrected chi connectivity index (χ3v) is 4.83. The Balaban J connectivity index is 1.59. The number of benzene rings is 1. The van der Waals surface area contributed by atoms with Crippen LogP contribution >= 0.6 is 22.9 Å². The molecular weight excluding hydrogens is 405 g/mol. The minimum Gasteiger partial charge on any atom is -0.406 e. The van der Waals surface area contributed by atoms with Gasteiger partial charge in [0.2, 0.25) is 10.8 Å². The summed E-state index contributed by atoms with van der Waals surface area (Å²) in [5.74, 6) is 0.198. The summed E-state index contributed by atoms with van der Waals surface area (Å²) in [6.07, 6.45) is -2.77. The molecule has 0 spiro atoms. The Labute approximate surface area is 159 Å². The lowest BCUT2D eigenvalue weighted by Crippen LogP contribution is -2.17. The van der Waals surface area contributed by atoms with Crippen LogP contribution in [0.2, 0.25) is 5.02 Å². The van der Waals surface area contributed by atoms with Crippen LogP contribution in [0.5, 0.6) is 5.75 Å². The molecule has 0 saturated heterocycles. The number of aromatic nitrogens is 6. The van der Waals surface area contributed by atoms with Crippen LogP contribution in [0.25, 0.3) is 16.5 Å². The van der Waals surface area contributed by atoms with Gasteiger partial charge in [0.25, 0.3) is 0 Å². The lowest BCUT2D eigenvalue weighted by atomic mass is 10.1. The second-order valence-corrected chi connectivity index (χ2v) is 6.99. The SMILES string of the molecule is Cn1ncc(Cl)c1-c1nnc2sc(Cc3ccc(OC(F)(F)F)cc3)nn12. The van der Waals surface area contributed by atoms with Crippen molar-refractivity contribution in [3.8, 4) is 17.3 Å². The fourth-order valence-electron chi connectivity index (χ4n) is 2.52. The normalized spacial score (nSPS) is 12.0. The zero-order valence-corrected chi connectivity index (χ0v) is 15.2. The molecule has 0 fully saturated rings. The van der Waals surface area contributed by atoms with E-state index in [9.17, 15) is 13.2 Å². The van der Waals surface area contributed by atoms with Gasteiger partial charge >= 0.3 is 6.36 Å². The Morgan fingerprint density at radius 2 is 1.93 bits per heavy atom. The Hall–Kier alpha value is -2.66. The van der Waals surface area contributed by atoms with E-state index < -0.39 is 6.36 Å². The molecule has 27 heavy (non-hydrogen) atoms. The van der Waals surface area contributed by atoms with Crippen LogP contribution in [-0.2, 0) is 13.5 Å². The highest BCUT2D eigenvalue weighted by Gasteiger charge is 2.31. The summed E-state index contributed by atoms with van der Waals surface area (Å²) in [6, 6.07) is 5.65.